The van der Waals surface area contributed by atoms with E-state index in [-0.39, 0.29) is 17.4 Å². The maximum absolute atomic E-state index is 13.9. The van der Waals surface area contributed by atoms with Crippen molar-refractivity contribution in [1.82, 2.24) is 24.5 Å². The molecule has 3 aromatic heterocycles. The highest BCUT2D eigenvalue weighted by Crippen LogP contribution is 2.36. The number of piperazine rings is 1. The Morgan fingerprint density at radius 3 is 2.49 bits per heavy atom. The van der Waals surface area contributed by atoms with Crippen LogP contribution in [0.25, 0.3) is 17.0 Å². The number of aromatic nitrogens is 4. The molecule has 0 saturated carbocycles. The summed E-state index contributed by atoms with van der Waals surface area (Å²) in [6.45, 7) is 11.7. The van der Waals surface area contributed by atoms with Crippen molar-refractivity contribution in [2.75, 3.05) is 42.5 Å². The summed E-state index contributed by atoms with van der Waals surface area (Å²) < 4.78 is 15.8. The molecule has 0 aliphatic carbocycles. The Hall–Kier alpha value is -3.52. The number of fused-ring (bicyclic) bond motifs is 1. The zero-order chi connectivity index (χ0) is 25.6. The van der Waals surface area contributed by atoms with Gasteiger partial charge >= 0.3 is 0 Å². The molecule has 1 atom stereocenters. The zero-order valence-corrected chi connectivity index (χ0v) is 21.8. The summed E-state index contributed by atoms with van der Waals surface area (Å²) in [4.78, 5) is 16.8. The van der Waals surface area contributed by atoms with Crippen LogP contribution >= 0.6 is 0 Å². The van der Waals surface area contributed by atoms with Crippen LogP contribution in [0, 0.1) is 5.82 Å². The first kappa shape index (κ1) is 23.9. The fourth-order valence-electron chi connectivity index (χ4n) is 5.64. The molecule has 5 heterocycles. The first-order valence-corrected chi connectivity index (χ1v) is 13.2. The molecule has 0 unspecified atom stereocenters. The second-order valence-electron chi connectivity index (χ2n) is 11.0. The lowest BCUT2D eigenvalue weighted by Gasteiger charge is -2.42. The Balaban J connectivity index is 1.28. The van der Waals surface area contributed by atoms with Crippen molar-refractivity contribution >= 4 is 17.3 Å². The molecule has 7 nitrogen and oxygen atoms in total. The van der Waals surface area contributed by atoms with Gasteiger partial charge in [0.05, 0.1) is 17.9 Å². The molecule has 2 aliphatic heterocycles. The van der Waals surface area contributed by atoms with E-state index in [1.807, 2.05) is 35.0 Å². The highest BCUT2D eigenvalue weighted by atomic mass is 19.1. The van der Waals surface area contributed by atoms with Crippen molar-refractivity contribution < 1.29 is 4.39 Å². The van der Waals surface area contributed by atoms with E-state index in [4.69, 9.17) is 10.1 Å². The molecular weight excluding hydrogens is 465 g/mol. The fraction of sp³-hybridized carbons (Fsp3) is 0.414. The number of rotatable bonds is 4. The van der Waals surface area contributed by atoms with Gasteiger partial charge in [-0.05, 0) is 75.6 Å². The highest BCUT2D eigenvalue weighted by Gasteiger charge is 2.29. The van der Waals surface area contributed by atoms with E-state index in [0.29, 0.717) is 0 Å². The Kier molecular flexibility index (Phi) is 6.07. The number of nitrogens with zero attached hydrogens (tertiary/aromatic N) is 7. The van der Waals surface area contributed by atoms with Crippen LogP contribution in [0.5, 0.6) is 0 Å². The average Bonchev–Trinajstić information content (AvgIpc) is 3.56. The molecule has 0 bridgehead atoms. The van der Waals surface area contributed by atoms with Crippen molar-refractivity contribution in [2.45, 2.75) is 45.2 Å². The molecule has 1 aromatic carbocycles. The van der Waals surface area contributed by atoms with Crippen molar-refractivity contribution in [3.8, 4) is 11.4 Å². The fourth-order valence-corrected chi connectivity index (χ4v) is 5.64. The lowest BCUT2D eigenvalue weighted by Crippen LogP contribution is -2.53. The molecule has 37 heavy (non-hydrogen) atoms. The van der Waals surface area contributed by atoms with Crippen LogP contribution in [-0.2, 0) is 0 Å². The summed E-state index contributed by atoms with van der Waals surface area (Å²) in [5.74, 6) is 1.66. The van der Waals surface area contributed by atoms with E-state index < -0.39 is 0 Å². The van der Waals surface area contributed by atoms with Gasteiger partial charge in [0.25, 0.3) is 0 Å². The van der Waals surface area contributed by atoms with Crippen LogP contribution in [-0.4, -0.2) is 62.7 Å². The number of hydrogen-bond acceptors (Lipinski definition) is 6. The van der Waals surface area contributed by atoms with Gasteiger partial charge in [0.15, 0.2) is 5.65 Å². The van der Waals surface area contributed by atoms with Gasteiger partial charge in [-0.15, -0.1) is 5.10 Å². The second-order valence-corrected chi connectivity index (χ2v) is 11.0. The van der Waals surface area contributed by atoms with Gasteiger partial charge in [-0.3, -0.25) is 4.90 Å². The molecule has 0 spiro atoms. The normalized spacial score (nSPS) is 19.2. The minimum absolute atomic E-state index is 0.112. The van der Waals surface area contributed by atoms with Crippen LogP contribution in [0.3, 0.4) is 0 Å². The highest BCUT2D eigenvalue weighted by molar-refractivity contribution is 5.62. The van der Waals surface area contributed by atoms with Gasteiger partial charge in [0.1, 0.15) is 23.1 Å². The second kappa shape index (κ2) is 9.41. The molecule has 6 rings (SSSR count). The summed E-state index contributed by atoms with van der Waals surface area (Å²) in [6, 6.07) is 17.2. The predicted octanol–water partition coefficient (Wildman–Crippen LogP) is 5.19. The Bertz CT molecular complexity index is 1400. The minimum Gasteiger partial charge on any atom is -0.354 e. The molecule has 0 amide bonds. The van der Waals surface area contributed by atoms with Gasteiger partial charge in [0.2, 0.25) is 0 Å². The number of halogens is 1. The van der Waals surface area contributed by atoms with E-state index in [9.17, 15) is 4.39 Å². The Morgan fingerprint density at radius 2 is 1.70 bits per heavy atom. The molecule has 0 N–H and O–H groups in total. The number of benzene rings is 1. The Labute approximate surface area is 217 Å². The van der Waals surface area contributed by atoms with Crippen molar-refractivity contribution in [3.05, 3.63) is 72.2 Å². The smallest absolute Gasteiger partial charge is 0.154 e. The van der Waals surface area contributed by atoms with Gasteiger partial charge < -0.3 is 9.80 Å². The van der Waals surface area contributed by atoms with Crippen LogP contribution in [0.1, 0.15) is 45.2 Å². The van der Waals surface area contributed by atoms with Crippen LogP contribution in [0.15, 0.2) is 60.8 Å². The minimum atomic E-state index is -0.199. The van der Waals surface area contributed by atoms with E-state index in [2.05, 4.69) is 52.6 Å². The molecule has 2 fully saturated rings. The third-order valence-electron chi connectivity index (χ3n) is 7.68. The number of hydrogen-bond donors (Lipinski definition) is 0. The van der Waals surface area contributed by atoms with Gasteiger partial charge in [-0.2, -0.15) is 0 Å². The first-order valence-electron chi connectivity index (χ1n) is 13.2. The monoisotopic (exact) mass is 499 g/mol. The Morgan fingerprint density at radius 1 is 0.892 bits per heavy atom. The van der Waals surface area contributed by atoms with Crippen molar-refractivity contribution in [2.24, 2.45) is 0 Å². The lowest BCUT2D eigenvalue weighted by atomic mass is 10.0. The molecule has 192 valence electrons. The molecule has 8 heteroatoms. The molecule has 0 radical (unpaired) electrons. The number of pyridine rings is 1. The van der Waals surface area contributed by atoms with Gasteiger partial charge in [-0.1, -0.05) is 18.2 Å². The molecule has 2 aliphatic rings. The van der Waals surface area contributed by atoms with E-state index in [0.717, 1.165) is 79.8 Å². The summed E-state index contributed by atoms with van der Waals surface area (Å²) in [7, 11) is 0. The van der Waals surface area contributed by atoms with E-state index in [1.54, 1.807) is 12.1 Å². The van der Waals surface area contributed by atoms with E-state index in [1.165, 1.54) is 6.07 Å². The topological polar surface area (TPSA) is 52.8 Å². The zero-order valence-electron chi connectivity index (χ0n) is 21.8. The maximum Gasteiger partial charge on any atom is 0.154 e. The SMILES string of the molecule is CC(C)(C)N1CCN(c2cccc(-c3cnc4ccc(N5CCC[C@@H]5c5cccc(F)c5)nn34)n2)CC1. The van der Waals surface area contributed by atoms with Gasteiger partial charge in [0, 0.05) is 38.3 Å². The maximum atomic E-state index is 13.9. The third kappa shape index (κ3) is 4.66. The molecular formula is C29H34FN7. The van der Waals surface area contributed by atoms with Crippen molar-refractivity contribution in [3.63, 3.8) is 0 Å². The summed E-state index contributed by atoms with van der Waals surface area (Å²) >= 11 is 0. The summed E-state index contributed by atoms with van der Waals surface area (Å²) in [5, 5.41) is 5.00. The van der Waals surface area contributed by atoms with E-state index >= 15 is 0 Å². The van der Waals surface area contributed by atoms with Crippen molar-refractivity contribution in [1.29, 1.82) is 0 Å². The summed E-state index contributed by atoms with van der Waals surface area (Å²) in [5.41, 5.74) is 3.69. The largest absolute Gasteiger partial charge is 0.354 e. The summed E-state index contributed by atoms with van der Waals surface area (Å²) in [6.07, 6.45) is 3.87. The third-order valence-corrected chi connectivity index (χ3v) is 7.68. The number of imidazole rings is 1. The molecule has 4 aromatic rings. The molecule has 2 saturated heterocycles. The number of anilines is 2. The van der Waals surface area contributed by atoms with Crippen LogP contribution in [0.4, 0.5) is 16.0 Å². The van der Waals surface area contributed by atoms with Crippen LogP contribution < -0.4 is 9.80 Å². The first-order chi connectivity index (χ1) is 17.9. The average molecular weight is 500 g/mol. The lowest BCUT2D eigenvalue weighted by molar-refractivity contribution is 0.128. The standard InChI is InChI=1S/C29H34FN7/c1-29(2,3)35-17-15-34(16-18-35)27-11-5-9-23(32-27)25-20-31-26-12-13-28(33-37(25)26)36-14-6-10-24(36)21-7-4-8-22(30)19-21/h4-5,7-9,11-13,19-20,24H,6,10,14-18H2,1-3H3/t24-/m1/s1. The predicted molar refractivity (Wildman–Crippen MR) is 145 cm³/mol. The van der Waals surface area contributed by atoms with Crippen LogP contribution in [0.2, 0.25) is 0 Å². The van der Waals surface area contributed by atoms with Gasteiger partial charge in [-0.25, -0.2) is 18.9 Å². The quantitative estimate of drug-likeness (QED) is 0.385.